The first-order valence-electron chi connectivity index (χ1n) is 7.53. The van der Waals surface area contributed by atoms with Crippen molar-refractivity contribution in [2.75, 3.05) is 6.61 Å². The summed E-state index contributed by atoms with van der Waals surface area (Å²) in [4.78, 5) is 11.9. The minimum Gasteiger partial charge on any atom is -0.461 e. The lowest BCUT2D eigenvalue weighted by atomic mass is 10.1. The van der Waals surface area contributed by atoms with Crippen LogP contribution in [0.1, 0.15) is 68.4 Å². The smallest absolute Gasteiger partial charge is 0.355 e. The maximum absolute atomic E-state index is 11.9. The van der Waals surface area contributed by atoms with Crippen molar-refractivity contribution in [2.24, 2.45) is 0 Å². The number of hydrogen-bond acceptors (Lipinski definition) is 2. The molecule has 0 N–H and O–H groups in total. The second-order valence-corrected chi connectivity index (χ2v) is 5.03. The summed E-state index contributed by atoms with van der Waals surface area (Å²) in [5.74, 6) is -0.198. The molecule has 0 aromatic carbocycles. The molecule has 108 valence electrons. The maximum Gasteiger partial charge on any atom is 0.355 e. The van der Waals surface area contributed by atoms with E-state index in [1.807, 2.05) is 30.7 Å². The molecular formula is C16H27NO2. The van der Waals surface area contributed by atoms with Crippen LogP contribution in [0.15, 0.2) is 12.3 Å². The molecule has 1 aromatic rings. The predicted octanol–water partition coefficient (Wildman–Crippen LogP) is 4.33. The highest BCUT2D eigenvalue weighted by molar-refractivity contribution is 5.89. The lowest BCUT2D eigenvalue weighted by Gasteiger charge is -2.09. The van der Waals surface area contributed by atoms with Crippen LogP contribution in [0.2, 0.25) is 0 Å². The molecule has 0 spiro atoms. The minimum atomic E-state index is -0.198. The summed E-state index contributed by atoms with van der Waals surface area (Å²) < 4.78 is 7.14. The molecule has 0 saturated heterocycles. The third-order valence-corrected chi connectivity index (χ3v) is 3.39. The maximum atomic E-state index is 11.9. The summed E-state index contributed by atoms with van der Waals surface area (Å²) in [7, 11) is 0. The van der Waals surface area contributed by atoms with Crippen molar-refractivity contribution >= 4 is 5.97 Å². The fourth-order valence-corrected chi connectivity index (χ4v) is 2.31. The molecule has 3 heteroatoms. The van der Waals surface area contributed by atoms with Gasteiger partial charge in [0.1, 0.15) is 5.69 Å². The molecular weight excluding hydrogens is 238 g/mol. The van der Waals surface area contributed by atoms with Crippen LogP contribution in [-0.2, 0) is 11.3 Å². The van der Waals surface area contributed by atoms with Gasteiger partial charge in [0, 0.05) is 12.7 Å². The Kier molecular flexibility index (Phi) is 7.31. The summed E-state index contributed by atoms with van der Waals surface area (Å²) >= 11 is 0. The van der Waals surface area contributed by atoms with Gasteiger partial charge in [-0.2, -0.15) is 0 Å². The topological polar surface area (TPSA) is 31.2 Å². The fourth-order valence-electron chi connectivity index (χ4n) is 2.31. The second kappa shape index (κ2) is 8.78. The molecule has 0 aliphatic rings. The number of rotatable bonds is 9. The number of carbonyl (C=O) groups is 1. The standard InChI is InChI=1S/C16H27NO2/c1-4-6-7-8-9-10-12-17-13-11-14(3)15(17)16(18)19-5-2/h11,13H,4-10,12H2,1-3H3. The molecule has 0 aliphatic heterocycles. The Morgan fingerprint density at radius 1 is 1.16 bits per heavy atom. The zero-order chi connectivity index (χ0) is 14.1. The van der Waals surface area contributed by atoms with Crippen molar-refractivity contribution in [3.8, 4) is 0 Å². The Labute approximate surface area is 117 Å². The third-order valence-electron chi connectivity index (χ3n) is 3.39. The van der Waals surface area contributed by atoms with Gasteiger partial charge in [-0.3, -0.25) is 0 Å². The van der Waals surface area contributed by atoms with E-state index in [2.05, 4.69) is 6.92 Å². The van der Waals surface area contributed by atoms with Crippen LogP contribution in [-0.4, -0.2) is 17.1 Å². The van der Waals surface area contributed by atoms with E-state index in [1.54, 1.807) is 0 Å². The van der Waals surface area contributed by atoms with Crippen LogP contribution < -0.4 is 0 Å². The zero-order valence-electron chi connectivity index (χ0n) is 12.6. The average molecular weight is 265 g/mol. The van der Waals surface area contributed by atoms with E-state index in [4.69, 9.17) is 4.74 Å². The van der Waals surface area contributed by atoms with Crippen LogP contribution in [0.5, 0.6) is 0 Å². The first-order chi connectivity index (χ1) is 9.20. The van der Waals surface area contributed by atoms with Crippen LogP contribution in [0.4, 0.5) is 0 Å². The Morgan fingerprint density at radius 2 is 1.84 bits per heavy atom. The Morgan fingerprint density at radius 3 is 2.53 bits per heavy atom. The summed E-state index contributed by atoms with van der Waals surface area (Å²) in [6.07, 6.45) is 9.59. The van der Waals surface area contributed by atoms with Crippen LogP contribution >= 0.6 is 0 Å². The van der Waals surface area contributed by atoms with Crippen molar-refractivity contribution in [1.82, 2.24) is 4.57 Å². The minimum absolute atomic E-state index is 0.198. The molecule has 0 amide bonds. The Bertz CT molecular complexity index is 382. The van der Waals surface area contributed by atoms with Crippen molar-refractivity contribution in [3.63, 3.8) is 0 Å². The second-order valence-electron chi connectivity index (χ2n) is 5.03. The first kappa shape index (κ1) is 15.8. The van der Waals surface area contributed by atoms with E-state index in [-0.39, 0.29) is 5.97 Å². The quantitative estimate of drug-likeness (QED) is 0.491. The van der Waals surface area contributed by atoms with Crippen LogP contribution in [0.25, 0.3) is 0 Å². The fraction of sp³-hybridized carbons (Fsp3) is 0.688. The Hall–Kier alpha value is -1.25. The summed E-state index contributed by atoms with van der Waals surface area (Å²) in [6, 6.07) is 1.99. The molecule has 1 aromatic heterocycles. The van der Waals surface area contributed by atoms with E-state index >= 15 is 0 Å². The highest BCUT2D eigenvalue weighted by atomic mass is 16.5. The molecule has 0 aliphatic carbocycles. The number of hydrogen-bond donors (Lipinski definition) is 0. The molecule has 0 radical (unpaired) electrons. The van der Waals surface area contributed by atoms with Gasteiger partial charge in [0.2, 0.25) is 0 Å². The van der Waals surface area contributed by atoms with Gasteiger partial charge in [0.15, 0.2) is 0 Å². The van der Waals surface area contributed by atoms with Crippen molar-refractivity contribution < 1.29 is 9.53 Å². The van der Waals surface area contributed by atoms with Crippen molar-refractivity contribution in [3.05, 3.63) is 23.5 Å². The number of esters is 1. The first-order valence-corrected chi connectivity index (χ1v) is 7.53. The van der Waals surface area contributed by atoms with Gasteiger partial charge < -0.3 is 9.30 Å². The summed E-state index contributed by atoms with van der Waals surface area (Å²) in [6.45, 7) is 7.38. The van der Waals surface area contributed by atoms with E-state index in [1.165, 1.54) is 32.1 Å². The lowest BCUT2D eigenvalue weighted by molar-refractivity contribution is 0.0512. The monoisotopic (exact) mass is 265 g/mol. The largest absolute Gasteiger partial charge is 0.461 e. The zero-order valence-corrected chi connectivity index (χ0v) is 12.6. The molecule has 1 rings (SSSR count). The molecule has 0 bridgehead atoms. The average Bonchev–Trinajstić information content (AvgIpc) is 2.75. The van der Waals surface area contributed by atoms with Gasteiger partial charge in [-0.25, -0.2) is 4.79 Å². The van der Waals surface area contributed by atoms with Gasteiger partial charge in [-0.15, -0.1) is 0 Å². The highest BCUT2D eigenvalue weighted by Crippen LogP contribution is 2.14. The number of carbonyl (C=O) groups excluding carboxylic acids is 1. The van der Waals surface area contributed by atoms with E-state index < -0.39 is 0 Å². The number of unbranched alkanes of at least 4 members (excludes halogenated alkanes) is 5. The summed E-state index contributed by atoms with van der Waals surface area (Å²) in [5.41, 5.74) is 1.72. The van der Waals surface area contributed by atoms with Gasteiger partial charge in [-0.05, 0) is 31.9 Å². The highest BCUT2D eigenvalue weighted by Gasteiger charge is 2.15. The lowest BCUT2D eigenvalue weighted by Crippen LogP contribution is -2.13. The number of aromatic nitrogens is 1. The Balaban J connectivity index is 2.43. The normalized spacial score (nSPS) is 10.7. The molecule has 0 atom stereocenters. The summed E-state index contributed by atoms with van der Waals surface area (Å²) in [5, 5.41) is 0. The van der Waals surface area contributed by atoms with Gasteiger partial charge in [-0.1, -0.05) is 39.0 Å². The van der Waals surface area contributed by atoms with Crippen LogP contribution in [0, 0.1) is 6.92 Å². The van der Waals surface area contributed by atoms with Gasteiger partial charge in [0.25, 0.3) is 0 Å². The predicted molar refractivity (Wildman–Crippen MR) is 78.5 cm³/mol. The van der Waals surface area contributed by atoms with E-state index in [0.29, 0.717) is 6.61 Å². The van der Waals surface area contributed by atoms with Crippen molar-refractivity contribution in [1.29, 1.82) is 0 Å². The van der Waals surface area contributed by atoms with E-state index in [0.717, 1.165) is 24.2 Å². The third kappa shape index (κ3) is 5.09. The molecule has 3 nitrogen and oxygen atoms in total. The SMILES string of the molecule is CCCCCCCCn1ccc(C)c1C(=O)OCC. The molecule has 19 heavy (non-hydrogen) atoms. The number of ether oxygens (including phenoxy) is 1. The number of aryl methyl sites for hydroxylation is 2. The van der Waals surface area contributed by atoms with Gasteiger partial charge >= 0.3 is 5.97 Å². The molecule has 0 unspecified atom stereocenters. The van der Waals surface area contributed by atoms with Gasteiger partial charge in [0.05, 0.1) is 6.61 Å². The number of nitrogens with zero attached hydrogens (tertiary/aromatic N) is 1. The molecule has 0 fully saturated rings. The molecule has 1 heterocycles. The molecule has 0 saturated carbocycles. The van der Waals surface area contributed by atoms with Crippen molar-refractivity contribution in [2.45, 2.75) is 65.8 Å². The van der Waals surface area contributed by atoms with Crippen LogP contribution in [0.3, 0.4) is 0 Å². The van der Waals surface area contributed by atoms with E-state index in [9.17, 15) is 4.79 Å².